The van der Waals surface area contributed by atoms with Crippen molar-refractivity contribution in [2.45, 2.75) is 0 Å². The normalized spacial score (nSPS) is 10.7. The summed E-state index contributed by atoms with van der Waals surface area (Å²) in [4.78, 5) is 23.1. The van der Waals surface area contributed by atoms with Crippen LogP contribution in [0.25, 0.3) is 16.9 Å². The van der Waals surface area contributed by atoms with E-state index in [9.17, 15) is 10.1 Å². The van der Waals surface area contributed by atoms with Gasteiger partial charge in [0.2, 0.25) is 0 Å². The van der Waals surface area contributed by atoms with Crippen molar-refractivity contribution in [3.63, 3.8) is 0 Å². The van der Waals surface area contributed by atoms with Gasteiger partial charge >= 0.3 is 0 Å². The topological polar surface area (TPSA) is 111 Å². The summed E-state index contributed by atoms with van der Waals surface area (Å²) >= 11 is 12.5. The van der Waals surface area contributed by atoms with Crippen molar-refractivity contribution in [1.29, 1.82) is 0 Å². The first kappa shape index (κ1) is 21.5. The van der Waals surface area contributed by atoms with E-state index in [1.807, 2.05) is 29.0 Å². The van der Waals surface area contributed by atoms with E-state index in [0.717, 1.165) is 11.3 Å². The Labute approximate surface area is 193 Å². The number of hydrogen-bond acceptors (Lipinski definition) is 7. The van der Waals surface area contributed by atoms with E-state index in [1.54, 1.807) is 30.7 Å². The molecule has 0 bridgehead atoms. The van der Waals surface area contributed by atoms with Crippen LogP contribution >= 0.6 is 23.2 Å². The molecular formula is C21H17Cl2N7O2. The zero-order valence-corrected chi connectivity index (χ0v) is 18.1. The Morgan fingerprint density at radius 1 is 1.03 bits per heavy atom. The summed E-state index contributed by atoms with van der Waals surface area (Å²) in [6, 6.07) is 12.1. The second-order valence-electron chi connectivity index (χ2n) is 6.67. The molecule has 0 aliphatic rings. The van der Waals surface area contributed by atoms with Gasteiger partial charge in [-0.15, -0.1) is 0 Å². The number of anilines is 2. The van der Waals surface area contributed by atoms with Gasteiger partial charge in [0.25, 0.3) is 5.69 Å². The largest absolute Gasteiger partial charge is 0.368 e. The minimum atomic E-state index is -0.484. The average Bonchev–Trinajstić information content (AvgIpc) is 3.32. The van der Waals surface area contributed by atoms with Crippen LogP contribution in [0.1, 0.15) is 0 Å². The molecule has 0 saturated carbocycles. The molecule has 4 rings (SSSR count). The van der Waals surface area contributed by atoms with Crippen molar-refractivity contribution in [1.82, 2.24) is 19.5 Å². The molecule has 0 spiro atoms. The highest BCUT2D eigenvalue weighted by atomic mass is 35.5. The molecule has 162 valence electrons. The molecule has 32 heavy (non-hydrogen) atoms. The fourth-order valence-corrected chi connectivity index (χ4v) is 3.52. The molecule has 0 amide bonds. The highest BCUT2D eigenvalue weighted by Crippen LogP contribution is 2.33. The minimum absolute atomic E-state index is 0.0516. The number of nitro groups is 1. The van der Waals surface area contributed by atoms with E-state index in [2.05, 4.69) is 20.6 Å². The second-order valence-corrected chi connectivity index (χ2v) is 7.51. The Kier molecular flexibility index (Phi) is 6.48. The molecule has 4 aromatic rings. The Morgan fingerprint density at radius 2 is 1.81 bits per heavy atom. The van der Waals surface area contributed by atoms with E-state index >= 15 is 0 Å². The number of halogens is 2. The van der Waals surface area contributed by atoms with Crippen LogP contribution in [0.15, 0.2) is 67.4 Å². The molecule has 9 nitrogen and oxygen atoms in total. The molecular weight excluding hydrogens is 453 g/mol. The molecule has 0 saturated heterocycles. The first-order chi connectivity index (χ1) is 15.5. The number of benzene rings is 1. The monoisotopic (exact) mass is 469 g/mol. The summed E-state index contributed by atoms with van der Waals surface area (Å²) in [6.07, 6.45) is 6.43. The van der Waals surface area contributed by atoms with Crippen molar-refractivity contribution < 1.29 is 4.92 Å². The zero-order valence-electron chi connectivity index (χ0n) is 16.6. The molecule has 0 aliphatic carbocycles. The summed E-state index contributed by atoms with van der Waals surface area (Å²) in [5.41, 5.74) is 2.20. The molecule has 0 unspecified atom stereocenters. The summed E-state index contributed by atoms with van der Waals surface area (Å²) in [5.74, 6) is 1.21. The van der Waals surface area contributed by atoms with Crippen LogP contribution in [0, 0.1) is 10.1 Å². The number of rotatable bonds is 8. The smallest absolute Gasteiger partial charge is 0.287 e. The molecule has 0 radical (unpaired) electrons. The SMILES string of the molecule is O=[N+]([O-])c1ccc(NCCNc2ccc(-n3ccnc3)c(-c3ccc(Cl)cc3Cl)n2)nc1. The third-order valence-electron chi connectivity index (χ3n) is 4.54. The Morgan fingerprint density at radius 3 is 2.47 bits per heavy atom. The molecule has 0 aliphatic heterocycles. The number of aromatic nitrogens is 4. The van der Waals surface area contributed by atoms with Gasteiger partial charge in [-0.2, -0.15) is 0 Å². The van der Waals surface area contributed by atoms with E-state index in [0.29, 0.717) is 40.5 Å². The third kappa shape index (κ3) is 4.96. The third-order valence-corrected chi connectivity index (χ3v) is 5.09. The van der Waals surface area contributed by atoms with Crippen molar-refractivity contribution in [2.75, 3.05) is 23.7 Å². The van der Waals surface area contributed by atoms with E-state index in [-0.39, 0.29) is 5.69 Å². The molecule has 1 aromatic carbocycles. The predicted molar refractivity (Wildman–Crippen MR) is 125 cm³/mol. The van der Waals surface area contributed by atoms with Crippen LogP contribution in [0.2, 0.25) is 10.0 Å². The first-order valence-corrected chi connectivity index (χ1v) is 10.3. The average molecular weight is 470 g/mol. The summed E-state index contributed by atoms with van der Waals surface area (Å²) in [7, 11) is 0. The van der Waals surface area contributed by atoms with Crippen LogP contribution in [-0.2, 0) is 0 Å². The summed E-state index contributed by atoms with van der Waals surface area (Å²) in [5, 5.41) is 18.1. The predicted octanol–water partition coefficient (Wildman–Crippen LogP) is 5.07. The van der Waals surface area contributed by atoms with Gasteiger partial charge in [-0.1, -0.05) is 23.2 Å². The lowest BCUT2D eigenvalue weighted by molar-refractivity contribution is -0.385. The maximum absolute atomic E-state index is 10.7. The highest BCUT2D eigenvalue weighted by Gasteiger charge is 2.14. The summed E-state index contributed by atoms with van der Waals surface area (Å²) in [6.45, 7) is 1.08. The van der Waals surface area contributed by atoms with Gasteiger partial charge in [-0.05, 0) is 36.4 Å². The standard InChI is InChI=1S/C21H17Cl2N7O2/c22-14-1-3-16(17(23)11-14)21-18(29-10-9-24-13-29)4-6-20(28-21)26-8-7-25-19-5-2-15(12-27-19)30(31)32/h1-6,9-13H,7-8H2,(H,25,27)(H,26,28). The Balaban J connectivity index is 1.49. The van der Waals surface area contributed by atoms with Crippen LogP contribution in [0.4, 0.5) is 17.3 Å². The van der Waals surface area contributed by atoms with Crippen molar-refractivity contribution in [2.24, 2.45) is 0 Å². The molecule has 0 atom stereocenters. The molecule has 0 fully saturated rings. The second kappa shape index (κ2) is 9.63. The van der Waals surface area contributed by atoms with Gasteiger partial charge in [-0.25, -0.2) is 15.0 Å². The lowest BCUT2D eigenvalue weighted by Crippen LogP contribution is -2.15. The van der Waals surface area contributed by atoms with Gasteiger partial charge in [0.1, 0.15) is 17.8 Å². The van der Waals surface area contributed by atoms with Crippen LogP contribution in [-0.4, -0.2) is 37.5 Å². The van der Waals surface area contributed by atoms with Gasteiger partial charge in [0, 0.05) is 42.1 Å². The van der Waals surface area contributed by atoms with Gasteiger partial charge < -0.3 is 15.2 Å². The van der Waals surface area contributed by atoms with Gasteiger partial charge in [-0.3, -0.25) is 10.1 Å². The van der Waals surface area contributed by atoms with Crippen molar-refractivity contribution >= 4 is 40.5 Å². The fourth-order valence-electron chi connectivity index (χ4n) is 3.02. The first-order valence-electron chi connectivity index (χ1n) is 9.54. The van der Waals surface area contributed by atoms with Gasteiger partial charge in [0.05, 0.1) is 27.7 Å². The number of nitrogens with zero attached hydrogens (tertiary/aromatic N) is 5. The lowest BCUT2D eigenvalue weighted by atomic mass is 10.1. The Hall–Kier alpha value is -3.69. The van der Waals surface area contributed by atoms with Crippen LogP contribution < -0.4 is 10.6 Å². The minimum Gasteiger partial charge on any atom is -0.368 e. The number of pyridine rings is 2. The molecule has 2 N–H and O–H groups in total. The van der Waals surface area contributed by atoms with Crippen LogP contribution in [0.3, 0.4) is 0 Å². The Bertz CT molecular complexity index is 1230. The molecule has 11 heteroatoms. The number of nitrogens with one attached hydrogen (secondary N) is 2. The number of hydrogen-bond donors (Lipinski definition) is 2. The number of imidazole rings is 1. The van der Waals surface area contributed by atoms with E-state index < -0.39 is 4.92 Å². The van der Waals surface area contributed by atoms with Crippen molar-refractivity contribution in [3.05, 3.63) is 87.5 Å². The van der Waals surface area contributed by atoms with E-state index in [1.165, 1.54) is 12.3 Å². The maximum atomic E-state index is 10.7. The molecule has 3 heterocycles. The fraction of sp³-hybridized carbons (Fsp3) is 0.0952. The molecule has 3 aromatic heterocycles. The maximum Gasteiger partial charge on any atom is 0.287 e. The lowest BCUT2D eigenvalue weighted by Gasteiger charge is -2.14. The highest BCUT2D eigenvalue weighted by molar-refractivity contribution is 6.36. The zero-order chi connectivity index (χ0) is 22.5. The van der Waals surface area contributed by atoms with E-state index in [4.69, 9.17) is 28.2 Å². The van der Waals surface area contributed by atoms with Crippen molar-refractivity contribution in [3.8, 4) is 16.9 Å². The van der Waals surface area contributed by atoms with Gasteiger partial charge in [0.15, 0.2) is 0 Å². The van der Waals surface area contributed by atoms with Crippen LogP contribution in [0.5, 0.6) is 0 Å². The quantitative estimate of drug-likeness (QED) is 0.210. The summed E-state index contributed by atoms with van der Waals surface area (Å²) < 4.78 is 1.86.